The smallest absolute Gasteiger partial charge is 0.124 e. The molecule has 0 aromatic heterocycles. The summed E-state index contributed by atoms with van der Waals surface area (Å²) in [5.74, 6) is 0.946. The summed E-state index contributed by atoms with van der Waals surface area (Å²) in [7, 11) is 0. The van der Waals surface area contributed by atoms with Crippen molar-refractivity contribution in [3.63, 3.8) is 0 Å². The van der Waals surface area contributed by atoms with Gasteiger partial charge in [0.2, 0.25) is 0 Å². The summed E-state index contributed by atoms with van der Waals surface area (Å²) in [4.78, 5) is 0. The number of benzene rings is 3. The average molecular weight is 331 g/mol. The minimum Gasteiger partial charge on any atom is -0.489 e. The Kier molecular flexibility index (Phi) is 5.86. The van der Waals surface area contributed by atoms with Crippen LogP contribution in [0.5, 0.6) is 5.75 Å². The maximum absolute atomic E-state index is 6.08. The third kappa shape index (κ3) is 4.94. The summed E-state index contributed by atoms with van der Waals surface area (Å²) >= 11 is 0. The van der Waals surface area contributed by atoms with Crippen molar-refractivity contribution < 1.29 is 4.74 Å². The van der Waals surface area contributed by atoms with Crippen molar-refractivity contribution in [3.8, 4) is 5.75 Å². The van der Waals surface area contributed by atoms with Crippen LogP contribution in [0.1, 0.15) is 27.8 Å². The molecule has 2 nitrogen and oxygen atoms in total. The van der Waals surface area contributed by atoms with Crippen LogP contribution in [0, 0.1) is 13.8 Å². The molecule has 0 spiro atoms. The lowest BCUT2D eigenvalue weighted by Crippen LogP contribution is -2.13. The predicted molar refractivity (Wildman–Crippen MR) is 104 cm³/mol. The van der Waals surface area contributed by atoms with Gasteiger partial charge in [-0.1, -0.05) is 72.3 Å². The third-order valence-electron chi connectivity index (χ3n) is 4.38. The molecule has 0 atom stereocenters. The molecule has 128 valence electrons. The summed E-state index contributed by atoms with van der Waals surface area (Å²) in [5, 5.41) is 3.51. The lowest BCUT2D eigenvalue weighted by atomic mass is 10.1. The summed E-state index contributed by atoms with van der Waals surface area (Å²) in [5.41, 5.74) is 6.26. The molecule has 2 heteroatoms. The minimum atomic E-state index is 0.599. The Morgan fingerprint density at radius 2 is 1.40 bits per heavy atom. The van der Waals surface area contributed by atoms with Gasteiger partial charge in [-0.2, -0.15) is 0 Å². The number of ether oxygens (including phenoxy) is 1. The van der Waals surface area contributed by atoms with Crippen LogP contribution in [-0.2, 0) is 19.7 Å². The van der Waals surface area contributed by atoms with Crippen molar-refractivity contribution in [2.24, 2.45) is 0 Å². The monoisotopic (exact) mass is 331 g/mol. The van der Waals surface area contributed by atoms with Crippen molar-refractivity contribution in [2.75, 3.05) is 0 Å². The Balaban J connectivity index is 1.59. The van der Waals surface area contributed by atoms with E-state index < -0.39 is 0 Å². The topological polar surface area (TPSA) is 21.3 Å². The first-order chi connectivity index (χ1) is 12.2. The van der Waals surface area contributed by atoms with Crippen molar-refractivity contribution in [1.82, 2.24) is 5.32 Å². The van der Waals surface area contributed by atoms with Gasteiger partial charge in [-0.25, -0.2) is 0 Å². The van der Waals surface area contributed by atoms with Crippen LogP contribution < -0.4 is 10.1 Å². The SMILES string of the molecule is Cc1ccc(CNCc2ccccc2OCc2ccccc2C)cc1. The summed E-state index contributed by atoms with van der Waals surface area (Å²) < 4.78 is 6.08. The van der Waals surface area contributed by atoms with E-state index in [9.17, 15) is 0 Å². The van der Waals surface area contributed by atoms with Crippen LogP contribution in [0.15, 0.2) is 72.8 Å². The molecule has 0 radical (unpaired) electrons. The summed E-state index contributed by atoms with van der Waals surface area (Å²) in [6.07, 6.45) is 0. The molecular weight excluding hydrogens is 306 g/mol. The zero-order valence-electron chi connectivity index (χ0n) is 15.0. The van der Waals surface area contributed by atoms with E-state index >= 15 is 0 Å². The van der Waals surface area contributed by atoms with Crippen molar-refractivity contribution in [2.45, 2.75) is 33.5 Å². The van der Waals surface area contributed by atoms with E-state index in [4.69, 9.17) is 4.74 Å². The van der Waals surface area contributed by atoms with Gasteiger partial charge in [-0.3, -0.25) is 0 Å². The molecule has 0 bridgehead atoms. The van der Waals surface area contributed by atoms with Gasteiger partial charge in [-0.15, -0.1) is 0 Å². The number of rotatable bonds is 7. The number of hydrogen-bond acceptors (Lipinski definition) is 2. The van der Waals surface area contributed by atoms with Crippen LogP contribution in [0.3, 0.4) is 0 Å². The second kappa shape index (κ2) is 8.50. The van der Waals surface area contributed by atoms with Gasteiger partial charge in [0.05, 0.1) is 0 Å². The molecular formula is C23H25NO. The maximum atomic E-state index is 6.08. The number of aryl methyl sites for hydroxylation is 2. The Morgan fingerprint density at radius 3 is 2.16 bits per heavy atom. The minimum absolute atomic E-state index is 0.599. The highest BCUT2D eigenvalue weighted by Gasteiger charge is 2.04. The number of hydrogen-bond donors (Lipinski definition) is 1. The maximum Gasteiger partial charge on any atom is 0.124 e. The van der Waals surface area contributed by atoms with Crippen molar-refractivity contribution in [3.05, 3.63) is 101 Å². The molecule has 0 unspecified atom stereocenters. The first-order valence-corrected chi connectivity index (χ1v) is 8.74. The van der Waals surface area contributed by atoms with Crippen molar-refractivity contribution >= 4 is 0 Å². The Hall–Kier alpha value is -2.58. The van der Waals surface area contributed by atoms with E-state index in [0.29, 0.717) is 6.61 Å². The number of para-hydroxylation sites is 1. The highest BCUT2D eigenvalue weighted by Crippen LogP contribution is 2.20. The van der Waals surface area contributed by atoms with Crippen LogP contribution in [-0.4, -0.2) is 0 Å². The second-order valence-electron chi connectivity index (χ2n) is 6.41. The van der Waals surface area contributed by atoms with E-state index in [2.05, 4.69) is 79.8 Å². The van der Waals surface area contributed by atoms with E-state index in [-0.39, 0.29) is 0 Å². The molecule has 3 aromatic rings. The molecule has 3 aromatic carbocycles. The lowest BCUT2D eigenvalue weighted by Gasteiger charge is -2.13. The van der Waals surface area contributed by atoms with E-state index in [1.165, 1.54) is 27.8 Å². The van der Waals surface area contributed by atoms with Crippen molar-refractivity contribution in [1.29, 1.82) is 0 Å². The van der Waals surface area contributed by atoms with Gasteiger partial charge in [0.1, 0.15) is 12.4 Å². The van der Waals surface area contributed by atoms with Crippen LogP contribution in [0.25, 0.3) is 0 Å². The molecule has 0 heterocycles. The zero-order chi connectivity index (χ0) is 17.5. The first kappa shape index (κ1) is 17.2. The van der Waals surface area contributed by atoms with Gasteiger partial charge >= 0.3 is 0 Å². The highest BCUT2D eigenvalue weighted by molar-refractivity contribution is 5.34. The van der Waals surface area contributed by atoms with E-state index in [1.54, 1.807) is 0 Å². The largest absolute Gasteiger partial charge is 0.489 e. The summed E-state index contributed by atoms with van der Waals surface area (Å²) in [6, 6.07) is 25.2. The Bertz CT molecular complexity index is 808. The molecule has 0 fully saturated rings. The average Bonchev–Trinajstić information content (AvgIpc) is 2.64. The van der Waals surface area contributed by atoms with Gasteiger partial charge in [-0.05, 0) is 36.6 Å². The predicted octanol–water partition coefficient (Wildman–Crippen LogP) is 5.17. The molecule has 0 amide bonds. The third-order valence-corrected chi connectivity index (χ3v) is 4.38. The summed E-state index contributed by atoms with van der Waals surface area (Å²) in [6.45, 7) is 6.47. The Morgan fingerprint density at radius 1 is 0.720 bits per heavy atom. The normalized spacial score (nSPS) is 10.6. The van der Waals surface area contributed by atoms with Crippen LogP contribution in [0.4, 0.5) is 0 Å². The molecule has 0 saturated carbocycles. The van der Waals surface area contributed by atoms with Gasteiger partial charge in [0.15, 0.2) is 0 Å². The van der Waals surface area contributed by atoms with Gasteiger partial charge in [0, 0.05) is 18.7 Å². The van der Waals surface area contributed by atoms with Crippen LogP contribution in [0.2, 0.25) is 0 Å². The van der Waals surface area contributed by atoms with Crippen LogP contribution >= 0.6 is 0 Å². The first-order valence-electron chi connectivity index (χ1n) is 8.74. The lowest BCUT2D eigenvalue weighted by molar-refractivity contribution is 0.301. The van der Waals surface area contributed by atoms with E-state index in [0.717, 1.165) is 18.8 Å². The Labute approximate surface area is 150 Å². The molecule has 0 saturated heterocycles. The number of nitrogens with one attached hydrogen (secondary N) is 1. The van der Waals surface area contributed by atoms with Gasteiger partial charge in [0.25, 0.3) is 0 Å². The quantitative estimate of drug-likeness (QED) is 0.645. The molecule has 0 aliphatic heterocycles. The molecule has 1 N–H and O–H groups in total. The molecule has 0 aliphatic carbocycles. The van der Waals surface area contributed by atoms with E-state index in [1.807, 2.05) is 12.1 Å². The molecule has 25 heavy (non-hydrogen) atoms. The zero-order valence-corrected chi connectivity index (χ0v) is 15.0. The molecule has 0 aliphatic rings. The fourth-order valence-corrected chi connectivity index (χ4v) is 2.77. The van der Waals surface area contributed by atoms with Gasteiger partial charge < -0.3 is 10.1 Å². The fraction of sp³-hybridized carbons (Fsp3) is 0.217. The second-order valence-corrected chi connectivity index (χ2v) is 6.41. The highest BCUT2D eigenvalue weighted by atomic mass is 16.5. The fourth-order valence-electron chi connectivity index (χ4n) is 2.77. The molecule has 3 rings (SSSR count). The standard InChI is InChI=1S/C23H25NO/c1-18-11-13-20(14-12-18)15-24-16-21-8-5-6-10-23(21)25-17-22-9-4-3-7-19(22)2/h3-14,24H,15-17H2,1-2H3.